The van der Waals surface area contributed by atoms with E-state index >= 15 is 0 Å². The number of halogens is 1. The van der Waals surface area contributed by atoms with Crippen LogP contribution >= 0.6 is 22.9 Å². The van der Waals surface area contributed by atoms with Crippen LogP contribution in [0.1, 0.15) is 24.3 Å². The smallest absolute Gasteiger partial charge is 0.320 e. The molecule has 0 aliphatic heterocycles. The molecule has 0 unspecified atom stereocenters. The molecule has 0 radical (unpaired) electrons. The molecule has 0 aliphatic rings. The summed E-state index contributed by atoms with van der Waals surface area (Å²) in [7, 11) is 1.82. The number of aromatic nitrogens is 2. The number of amides is 1. The number of fused-ring (bicyclic) bond motifs is 2. The van der Waals surface area contributed by atoms with Crippen LogP contribution in [0.3, 0.4) is 0 Å². The van der Waals surface area contributed by atoms with Crippen LogP contribution in [0, 0.1) is 0 Å². The van der Waals surface area contributed by atoms with E-state index in [9.17, 15) is 9.59 Å². The standard InChI is InChI=1S/C23H22ClN3O3S/c1-23(2,13-30-20(28)12-24)25-22(29)21-16-9-8-15(10-17(16)27(3)26-21)19-11-14-6-4-5-7-18(14)31-19/h4-11H,12-13H2,1-3H3,(H,25,29). The van der Waals surface area contributed by atoms with Gasteiger partial charge in [0.25, 0.3) is 5.91 Å². The van der Waals surface area contributed by atoms with Gasteiger partial charge in [0.2, 0.25) is 0 Å². The van der Waals surface area contributed by atoms with Crippen molar-refractivity contribution in [2.75, 3.05) is 12.5 Å². The monoisotopic (exact) mass is 455 g/mol. The fraction of sp³-hybridized carbons (Fsp3) is 0.261. The fourth-order valence-electron chi connectivity index (χ4n) is 3.40. The van der Waals surface area contributed by atoms with Gasteiger partial charge in [0, 0.05) is 22.0 Å². The summed E-state index contributed by atoms with van der Waals surface area (Å²) < 4.78 is 8.01. The van der Waals surface area contributed by atoms with Crippen molar-refractivity contribution < 1.29 is 14.3 Å². The van der Waals surface area contributed by atoms with Gasteiger partial charge in [0.15, 0.2) is 5.69 Å². The van der Waals surface area contributed by atoms with Crippen LogP contribution in [-0.2, 0) is 16.6 Å². The predicted molar refractivity (Wildman–Crippen MR) is 125 cm³/mol. The van der Waals surface area contributed by atoms with E-state index in [4.69, 9.17) is 16.3 Å². The normalized spacial score (nSPS) is 11.7. The maximum atomic E-state index is 12.9. The van der Waals surface area contributed by atoms with Gasteiger partial charge in [0.05, 0.1) is 11.1 Å². The molecule has 2 aromatic carbocycles. The van der Waals surface area contributed by atoms with Crippen molar-refractivity contribution in [2.45, 2.75) is 19.4 Å². The third kappa shape index (κ3) is 4.43. The number of alkyl halides is 1. The number of esters is 1. The second kappa shape index (κ2) is 8.32. The molecule has 31 heavy (non-hydrogen) atoms. The van der Waals surface area contributed by atoms with Crippen LogP contribution in [0.5, 0.6) is 0 Å². The van der Waals surface area contributed by atoms with Crippen LogP contribution in [0.15, 0.2) is 48.5 Å². The van der Waals surface area contributed by atoms with Gasteiger partial charge in [-0.15, -0.1) is 22.9 Å². The lowest BCUT2D eigenvalue weighted by Gasteiger charge is -2.25. The van der Waals surface area contributed by atoms with E-state index < -0.39 is 11.5 Å². The topological polar surface area (TPSA) is 73.2 Å². The Labute approximate surface area is 188 Å². The molecule has 1 amide bonds. The van der Waals surface area contributed by atoms with Gasteiger partial charge in [0.1, 0.15) is 12.5 Å². The van der Waals surface area contributed by atoms with Crippen molar-refractivity contribution >= 4 is 55.8 Å². The van der Waals surface area contributed by atoms with Crippen LogP contribution in [0.25, 0.3) is 31.4 Å². The summed E-state index contributed by atoms with van der Waals surface area (Å²) >= 11 is 7.19. The SMILES string of the molecule is Cn1nc(C(=O)NC(C)(C)COC(=O)CCl)c2ccc(-c3cc4ccccc4s3)cc21. The first-order valence-corrected chi connectivity index (χ1v) is 11.1. The second-order valence-corrected chi connectivity index (χ2v) is 9.34. The molecule has 0 saturated carbocycles. The first-order chi connectivity index (χ1) is 14.8. The molecule has 2 aromatic heterocycles. The van der Waals surface area contributed by atoms with Crippen molar-refractivity contribution in [3.63, 3.8) is 0 Å². The molecule has 160 valence electrons. The van der Waals surface area contributed by atoms with Gasteiger partial charge in [-0.3, -0.25) is 14.3 Å². The first kappa shape index (κ1) is 21.3. The van der Waals surface area contributed by atoms with E-state index in [1.54, 1.807) is 29.9 Å². The number of rotatable bonds is 6. The van der Waals surface area contributed by atoms with Crippen molar-refractivity contribution in [3.05, 3.63) is 54.2 Å². The number of benzene rings is 2. The molecule has 0 spiro atoms. The summed E-state index contributed by atoms with van der Waals surface area (Å²) in [6.07, 6.45) is 0. The van der Waals surface area contributed by atoms with E-state index in [0.29, 0.717) is 5.69 Å². The largest absolute Gasteiger partial charge is 0.462 e. The Bertz CT molecular complexity index is 1260. The minimum Gasteiger partial charge on any atom is -0.462 e. The number of carbonyl (C=O) groups excluding carboxylic acids is 2. The lowest BCUT2D eigenvalue weighted by molar-refractivity contribution is -0.142. The highest BCUT2D eigenvalue weighted by atomic mass is 35.5. The minimum absolute atomic E-state index is 0.0190. The number of thiophene rings is 1. The number of carbonyl (C=O) groups is 2. The van der Waals surface area contributed by atoms with E-state index in [1.165, 1.54) is 10.1 Å². The zero-order chi connectivity index (χ0) is 22.2. The van der Waals surface area contributed by atoms with E-state index in [-0.39, 0.29) is 18.4 Å². The van der Waals surface area contributed by atoms with E-state index in [0.717, 1.165) is 21.3 Å². The van der Waals surface area contributed by atoms with Gasteiger partial charge in [-0.05, 0) is 49.1 Å². The zero-order valence-electron chi connectivity index (χ0n) is 17.4. The van der Waals surface area contributed by atoms with E-state index in [1.807, 2.05) is 31.3 Å². The van der Waals surface area contributed by atoms with Gasteiger partial charge >= 0.3 is 5.97 Å². The molecule has 0 fully saturated rings. The van der Waals surface area contributed by atoms with Crippen molar-refractivity contribution in [1.82, 2.24) is 15.1 Å². The summed E-state index contributed by atoms with van der Waals surface area (Å²) in [5, 5.41) is 9.31. The van der Waals surface area contributed by atoms with Gasteiger partial charge in [-0.2, -0.15) is 5.10 Å². The molecule has 0 aliphatic carbocycles. The maximum absolute atomic E-state index is 12.9. The van der Waals surface area contributed by atoms with Gasteiger partial charge in [-0.25, -0.2) is 0 Å². The Morgan fingerprint density at radius 3 is 2.71 bits per heavy atom. The van der Waals surface area contributed by atoms with Crippen molar-refractivity contribution in [2.24, 2.45) is 7.05 Å². The highest BCUT2D eigenvalue weighted by Gasteiger charge is 2.26. The lowest BCUT2D eigenvalue weighted by atomic mass is 10.1. The quantitative estimate of drug-likeness (QED) is 0.336. The molecule has 1 N–H and O–H groups in total. The Kier molecular flexibility index (Phi) is 5.73. The van der Waals surface area contributed by atoms with Gasteiger partial charge < -0.3 is 10.1 Å². The fourth-order valence-corrected chi connectivity index (χ4v) is 4.54. The third-order valence-corrected chi connectivity index (χ3v) is 6.32. The minimum atomic E-state index is -0.764. The molecular weight excluding hydrogens is 434 g/mol. The third-order valence-electron chi connectivity index (χ3n) is 4.93. The number of nitrogens with one attached hydrogen (secondary N) is 1. The van der Waals surface area contributed by atoms with Gasteiger partial charge in [-0.1, -0.05) is 24.3 Å². The average Bonchev–Trinajstić information content (AvgIpc) is 3.33. The van der Waals surface area contributed by atoms with Crippen molar-refractivity contribution in [3.8, 4) is 10.4 Å². The maximum Gasteiger partial charge on any atom is 0.320 e. The summed E-state index contributed by atoms with van der Waals surface area (Å²) in [4.78, 5) is 25.4. The second-order valence-electron chi connectivity index (χ2n) is 7.98. The summed E-state index contributed by atoms with van der Waals surface area (Å²) in [6, 6.07) is 16.5. The molecule has 0 atom stereocenters. The summed E-state index contributed by atoms with van der Waals surface area (Å²) in [5.74, 6) is -1.08. The number of ether oxygens (including phenoxy) is 1. The molecule has 4 rings (SSSR count). The molecular formula is C23H22ClN3O3S. The molecule has 8 heteroatoms. The van der Waals surface area contributed by atoms with Crippen LogP contribution in [0.2, 0.25) is 0 Å². The van der Waals surface area contributed by atoms with Crippen LogP contribution in [-0.4, -0.2) is 39.7 Å². The number of nitrogens with zero attached hydrogens (tertiary/aromatic N) is 2. The zero-order valence-corrected chi connectivity index (χ0v) is 19.0. The lowest BCUT2D eigenvalue weighted by Crippen LogP contribution is -2.47. The highest BCUT2D eigenvalue weighted by molar-refractivity contribution is 7.22. The molecule has 0 bridgehead atoms. The van der Waals surface area contributed by atoms with E-state index in [2.05, 4.69) is 34.7 Å². The van der Waals surface area contributed by atoms with Crippen molar-refractivity contribution in [1.29, 1.82) is 0 Å². The first-order valence-electron chi connectivity index (χ1n) is 9.77. The Balaban J connectivity index is 1.61. The summed E-state index contributed by atoms with van der Waals surface area (Å²) in [5.41, 5.74) is 1.51. The Morgan fingerprint density at radius 1 is 1.19 bits per heavy atom. The number of aryl methyl sites for hydroxylation is 1. The predicted octanol–water partition coefficient (Wildman–Crippen LogP) is 4.75. The number of hydrogen-bond donors (Lipinski definition) is 1. The Hall–Kier alpha value is -2.90. The summed E-state index contributed by atoms with van der Waals surface area (Å²) in [6.45, 7) is 3.57. The molecule has 2 heterocycles. The van der Waals surface area contributed by atoms with Crippen LogP contribution < -0.4 is 5.32 Å². The highest BCUT2D eigenvalue weighted by Crippen LogP contribution is 2.35. The van der Waals surface area contributed by atoms with Crippen LogP contribution in [0.4, 0.5) is 0 Å². The molecule has 0 saturated heterocycles. The Morgan fingerprint density at radius 2 is 1.97 bits per heavy atom. The molecule has 4 aromatic rings. The average molecular weight is 456 g/mol. The molecule has 6 nitrogen and oxygen atoms in total. The number of hydrogen-bond acceptors (Lipinski definition) is 5.